The third-order valence-corrected chi connectivity index (χ3v) is 5.52. The first kappa shape index (κ1) is 20.4. The molecule has 0 spiro atoms. The summed E-state index contributed by atoms with van der Waals surface area (Å²) in [5.41, 5.74) is 1.27. The second-order valence-electron chi connectivity index (χ2n) is 6.95. The molecule has 1 aliphatic rings. The molecule has 0 aliphatic heterocycles. The number of nitrogens with zero attached hydrogens (tertiary/aromatic N) is 3. The molecule has 1 fully saturated rings. The fourth-order valence-electron chi connectivity index (χ4n) is 3.43. The van der Waals surface area contributed by atoms with Gasteiger partial charge in [-0.15, -0.1) is 10.2 Å². The van der Waals surface area contributed by atoms with E-state index in [2.05, 4.69) is 15.5 Å². The van der Waals surface area contributed by atoms with Crippen LogP contribution >= 0.6 is 11.8 Å². The highest BCUT2D eigenvalue weighted by atomic mass is 32.2. The number of amides is 1. The number of thioether (sulfide) groups is 1. The Bertz CT molecular complexity index is 811. The Morgan fingerprint density at radius 2 is 1.82 bits per heavy atom. The fraction of sp³-hybridized carbons (Fsp3) is 0.500. The second kappa shape index (κ2) is 9.73. The number of esters is 1. The molecule has 1 amide bonds. The highest BCUT2D eigenvalue weighted by Crippen LogP contribution is 2.20. The Hall–Kier alpha value is -2.35. The zero-order chi connectivity index (χ0) is 19.9. The summed E-state index contributed by atoms with van der Waals surface area (Å²) in [6.07, 6.45) is 8.67. The van der Waals surface area contributed by atoms with Gasteiger partial charge in [-0.25, -0.2) is 4.79 Å². The highest BCUT2D eigenvalue weighted by Gasteiger charge is 2.17. The third kappa shape index (κ3) is 5.13. The van der Waals surface area contributed by atoms with Gasteiger partial charge in [0.25, 0.3) is 5.91 Å². The van der Waals surface area contributed by atoms with Crippen LogP contribution in [-0.4, -0.2) is 45.5 Å². The van der Waals surface area contributed by atoms with E-state index >= 15 is 0 Å². The molecule has 7 nitrogen and oxygen atoms in total. The summed E-state index contributed by atoms with van der Waals surface area (Å²) in [6, 6.07) is 7.21. The van der Waals surface area contributed by atoms with E-state index in [0.717, 1.165) is 42.4 Å². The van der Waals surface area contributed by atoms with Gasteiger partial charge in [0, 0.05) is 11.7 Å². The first-order chi connectivity index (χ1) is 13.6. The maximum absolute atomic E-state index is 12.2. The largest absolute Gasteiger partial charge is 0.452 e. The highest BCUT2D eigenvalue weighted by molar-refractivity contribution is 7.98. The van der Waals surface area contributed by atoms with E-state index in [1.165, 1.54) is 24.6 Å². The zero-order valence-electron chi connectivity index (χ0n) is 16.3. The van der Waals surface area contributed by atoms with E-state index < -0.39 is 5.97 Å². The van der Waals surface area contributed by atoms with Crippen LogP contribution in [0, 0.1) is 6.92 Å². The summed E-state index contributed by atoms with van der Waals surface area (Å²) < 4.78 is 7.09. The molecule has 1 saturated carbocycles. The van der Waals surface area contributed by atoms with Crippen molar-refractivity contribution in [2.75, 3.05) is 12.9 Å². The Balaban J connectivity index is 1.54. The minimum Gasteiger partial charge on any atom is -0.452 e. The number of aromatic nitrogens is 3. The lowest BCUT2D eigenvalue weighted by molar-refractivity contribution is -0.125. The van der Waals surface area contributed by atoms with Crippen molar-refractivity contribution in [2.24, 2.45) is 0 Å². The van der Waals surface area contributed by atoms with Crippen LogP contribution in [0.4, 0.5) is 0 Å². The standard InChI is InChI=1S/C20H26N4O3S/c1-14-22-23-20(28-2)24(14)17-11-9-15(10-12-17)19(26)27-13-18(25)21-16-7-5-3-4-6-8-16/h9-12,16H,3-8,13H2,1-2H3,(H,21,25). The molecule has 2 aromatic rings. The normalized spacial score (nSPS) is 15.1. The monoisotopic (exact) mass is 402 g/mol. The number of carbonyl (C=O) groups is 2. The fourth-order valence-corrected chi connectivity index (χ4v) is 3.97. The molecule has 1 N–H and O–H groups in total. The van der Waals surface area contributed by atoms with Crippen molar-refractivity contribution in [3.05, 3.63) is 35.7 Å². The van der Waals surface area contributed by atoms with E-state index in [-0.39, 0.29) is 18.6 Å². The molecule has 8 heteroatoms. The van der Waals surface area contributed by atoms with Gasteiger partial charge in [0.2, 0.25) is 0 Å². The van der Waals surface area contributed by atoms with Gasteiger partial charge in [0.05, 0.1) is 5.56 Å². The van der Waals surface area contributed by atoms with Crippen LogP contribution in [0.3, 0.4) is 0 Å². The van der Waals surface area contributed by atoms with Gasteiger partial charge in [0.1, 0.15) is 5.82 Å². The lowest BCUT2D eigenvalue weighted by atomic mass is 10.1. The van der Waals surface area contributed by atoms with Crippen LogP contribution in [0.15, 0.2) is 29.4 Å². The maximum atomic E-state index is 12.2. The van der Waals surface area contributed by atoms with Crippen molar-refractivity contribution in [1.82, 2.24) is 20.1 Å². The molecule has 1 aromatic carbocycles. The SMILES string of the molecule is CSc1nnc(C)n1-c1ccc(C(=O)OCC(=O)NC2CCCCCC2)cc1. The van der Waals surface area contributed by atoms with Crippen LogP contribution in [-0.2, 0) is 9.53 Å². The topological polar surface area (TPSA) is 86.1 Å². The van der Waals surface area contributed by atoms with Gasteiger partial charge in [-0.3, -0.25) is 9.36 Å². The second-order valence-corrected chi connectivity index (χ2v) is 7.72. The molecule has 3 rings (SSSR count). The van der Waals surface area contributed by atoms with E-state index in [4.69, 9.17) is 4.74 Å². The van der Waals surface area contributed by atoms with E-state index in [9.17, 15) is 9.59 Å². The van der Waals surface area contributed by atoms with Crippen molar-refractivity contribution >= 4 is 23.6 Å². The Labute approximate surface area is 169 Å². The Morgan fingerprint density at radius 3 is 2.46 bits per heavy atom. The lowest BCUT2D eigenvalue weighted by Crippen LogP contribution is -2.37. The summed E-state index contributed by atoms with van der Waals surface area (Å²) >= 11 is 1.50. The number of carbonyl (C=O) groups excluding carboxylic acids is 2. The van der Waals surface area contributed by atoms with Gasteiger partial charge < -0.3 is 10.1 Å². The number of rotatable bonds is 6. The van der Waals surface area contributed by atoms with Crippen LogP contribution in [0.5, 0.6) is 0 Å². The van der Waals surface area contributed by atoms with Crippen LogP contribution in [0.25, 0.3) is 5.69 Å². The minimum atomic E-state index is -0.506. The average Bonchev–Trinajstić information content (AvgIpc) is 2.90. The molecule has 0 atom stereocenters. The van der Waals surface area contributed by atoms with Gasteiger partial charge >= 0.3 is 5.97 Å². The molecule has 1 heterocycles. The number of nitrogens with one attached hydrogen (secondary N) is 1. The molecule has 150 valence electrons. The first-order valence-electron chi connectivity index (χ1n) is 9.61. The number of hydrogen-bond donors (Lipinski definition) is 1. The summed E-state index contributed by atoms with van der Waals surface area (Å²) in [6.45, 7) is 1.63. The summed E-state index contributed by atoms with van der Waals surface area (Å²) in [4.78, 5) is 24.3. The molecule has 28 heavy (non-hydrogen) atoms. The van der Waals surface area contributed by atoms with Gasteiger partial charge in [-0.05, 0) is 50.3 Å². The van der Waals surface area contributed by atoms with Crippen LogP contribution in [0.1, 0.15) is 54.7 Å². The summed E-state index contributed by atoms with van der Waals surface area (Å²) in [7, 11) is 0. The van der Waals surface area contributed by atoms with E-state index in [1.807, 2.05) is 29.9 Å². The Kier molecular flexibility index (Phi) is 7.08. The zero-order valence-corrected chi connectivity index (χ0v) is 17.1. The number of aryl methyl sites for hydroxylation is 1. The quantitative estimate of drug-likeness (QED) is 0.453. The number of hydrogen-bond acceptors (Lipinski definition) is 6. The maximum Gasteiger partial charge on any atom is 0.338 e. The molecule has 1 aromatic heterocycles. The van der Waals surface area contributed by atoms with E-state index in [1.54, 1.807) is 12.1 Å². The van der Waals surface area contributed by atoms with E-state index in [0.29, 0.717) is 5.56 Å². The minimum absolute atomic E-state index is 0.200. The predicted octanol–water partition coefficient (Wildman–Crippen LogP) is 3.29. The Morgan fingerprint density at radius 1 is 1.14 bits per heavy atom. The van der Waals surface area contributed by atoms with Gasteiger partial charge in [0.15, 0.2) is 11.8 Å². The van der Waals surface area contributed by atoms with Crippen molar-refractivity contribution in [3.63, 3.8) is 0 Å². The smallest absolute Gasteiger partial charge is 0.338 e. The van der Waals surface area contributed by atoms with Crippen molar-refractivity contribution in [3.8, 4) is 5.69 Å². The molecule has 0 saturated heterocycles. The van der Waals surface area contributed by atoms with Crippen molar-refractivity contribution < 1.29 is 14.3 Å². The summed E-state index contributed by atoms with van der Waals surface area (Å²) in [5, 5.41) is 11.9. The molecule has 0 bridgehead atoms. The number of benzene rings is 1. The van der Waals surface area contributed by atoms with Gasteiger partial charge in [-0.1, -0.05) is 37.4 Å². The van der Waals surface area contributed by atoms with Crippen LogP contribution < -0.4 is 5.32 Å². The van der Waals surface area contributed by atoms with Gasteiger partial charge in [-0.2, -0.15) is 0 Å². The molecule has 0 radical (unpaired) electrons. The van der Waals surface area contributed by atoms with Crippen molar-refractivity contribution in [2.45, 2.75) is 56.6 Å². The summed E-state index contributed by atoms with van der Waals surface area (Å²) in [5.74, 6) is 0.0320. The molecular formula is C20H26N4O3S. The first-order valence-corrected chi connectivity index (χ1v) is 10.8. The molecular weight excluding hydrogens is 376 g/mol. The molecule has 0 unspecified atom stereocenters. The third-order valence-electron chi connectivity index (χ3n) is 4.89. The average molecular weight is 403 g/mol. The number of ether oxygens (including phenoxy) is 1. The van der Waals surface area contributed by atoms with Crippen molar-refractivity contribution in [1.29, 1.82) is 0 Å². The predicted molar refractivity (Wildman–Crippen MR) is 108 cm³/mol. The lowest BCUT2D eigenvalue weighted by Gasteiger charge is -2.16. The van der Waals surface area contributed by atoms with Crippen LogP contribution in [0.2, 0.25) is 0 Å². The molecule has 1 aliphatic carbocycles.